The first kappa shape index (κ1) is 22.7. The number of hydrogen-bond donors (Lipinski definition) is 1. The summed E-state index contributed by atoms with van der Waals surface area (Å²) in [7, 11) is 1.53. The molecule has 2 aliphatic rings. The second-order valence-electron chi connectivity index (χ2n) is 8.01. The summed E-state index contributed by atoms with van der Waals surface area (Å²) in [6, 6.07) is 11.6. The van der Waals surface area contributed by atoms with E-state index in [2.05, 4.69) is 5.32 Å². The van der Waals surface area contributed by atoms with Crippen LogP contribution in [0, 0.1) is 11.3 Å². The third-order valence-corrected chi connectivity index (χ3v) is 6.54. The Bertz CT molecular complexity index is 1180. The van der Waals surface area contributed by atoms with Crippen LogP contribution in [0.4, 0.5) is 18.9 Å². The van der Waals surface area contributed by atoms with Gasteiger partial charge in [-0.1, -0.05) is 6.07 Å². The monoisotopic (exact) mass is 472 g/mol. The second kappa shape index (κ2) is 8.15. The third-order valence-electron chi connectivity index (χ3n) is 6.14. The van der Waals surface area contributed by atoms with Crippen LogP contribution < -0.4 is 10.2 Å². The molecule has 1 spiro atoms. The Morgan fingerprint density at radius 3 is 2.39 bits per heavy atom. The molecular weight excluding hydrogens is 453 g/mol. The molecule has 2 aromatic rings. The van der Waals surface area contributed by atoms with Crippen molar-refractivity contribution < 1.29 is 22.8 Å². The highest BCUT2D eigenvalue weighted by molar-refractivity contribution is 7.80. The van der Waals surface area contributed by atoms with Gasteiger partial charge in [0, 0.05) is 18.3 Å². The van der Waals surface area contributed by atoms with Crippen LogP contribution in [0.5, 0.6) is 0 Å². The first-order valence-electron chi connectivity index (χ1n) is 10.2. The maximum atomic E-state index is 13.4. The van der Waals surface area contributed by atoms with E-state index in [1.54, 1.807) is 35.2 Å². The number of nitrogens with one attached hydrogen (secondary N) is 1. The predicted molar refractivity (Wildman–Crippen MR) is 118 cm³/mol. The molecule has 1 aliphatic carbocycles. The van der Waals surface area contributed by atoms with Crippen molar-refractivity contribution in [1.29, 1.82) is 5.26 Å². The number of benzene rings is 2. The van der Waals surface area contributed by atoms with Gasteiger partial charge < -0.3 is 10.2 Å². The first-order valence-corrected chi connectivity index (χ1v) is 10.6. The SMILES string of the molecule is CNC(=O)c1ccc(N2C(=S)N(Cc3ccc(C#N)c(C(F)(F)F)c3)C(=O)C23CCC3)cc1. The zero-order valence-electron chi connectivity index (χ0n) is 17.6. The van der Waals surface area contributed by atoms with E-state index in [0.29, 0.717) is 24.1 Å². The summed E-state index contributed by atoms with van der Waals surface area (Å²) in [5, 5.41) is 11.8. The smallest absolute Gasteiger partial charge is 0.355 e. The van der Waals surface area contributed by atoms with E-state index < -0.39 is 22.8 Å². The fourth-order valence-electron chi connectivity index (χ4n) is 4.29. The van der Waals surface area contributed by atoms with Crippen molar-refractivity contribution in [2.24, 2.45) is 0 Å². The van der Waals surface area contributed by atoms with Crippen LogP contribution in [0.3, 0.4) is 0 Å². The number of alkyl halides is 3. The van der Waals surface area contributed by atoms with E-state index >= 15 is 0 Å². The molecule has 33 heavy (non-hydrogen) atoms. The molecule has 10 heteroatoms. The molecule has 0 radical (unpaired) electrons. The minimum absolute atomic E-state index is 0.138. The van der Waals surface area contributed by atoms with E-state index in [4.69, 9.17) is 17.5 Å². The summed E-state index contributed by atoms with van der Waals surface area (Å²) in [6.07, 6.45) is -2.73. The second-order valence-corrected chi connectivity index (χ2v) is 8.38. The highest BCUT2D eigenvalue weighted by atomic mass is 32.1. The first-order chi connectivity index (χ1) is 15.6. The number of anilines is 1. The number of nitriles is 1. The van der Waals surface area contributed by atoms with Crippen LogP contribution >= 0.6 is 12.2 Å². The summed E-state index contributed by atoms with van der Waals surface area (Å²) in [6.45, 7) is -0.138. The van der Waals surface area contributed by atoms with Crippen LogP contribution in [0.25, 0.3) is 0 Å². The number of hydrogen-bond acceptors (Lipinski definition) is 4. The molecular formula is C23H19F3N4O2S. The molecule has 170 valence electrons. The number of rotatable bonds is 4. The minimum atomic E-state index is -4.69. The molecule has 1 N–H and O–H groups in total. The Labute approximate surface area is 193 Å². The minimum Gasteiger partial charge on any atom is -0.355 e. The third kappa shape index (κ3) is 3.72. The predicted octanol–water partition coefficient (Wildman–Crippen LogP) is 3.99. The number of amides is 2. The van der Waals surface area contributed by atoms with E-state index in [-0.39, 0.29) is 29.0 Å². The van der Waals surface area contributed by atoms with Gasteiger partial charge in [0.2, 0.25) is 0 Å². The van der Waals surface area contributed by atoms with Crippen molar-refractivity contribution in [3.8, 4) is 6.07 Å². The Morgan fingerprint density at radius 2 is 1.88 bits per heavy atom. The fraction of sp³-hybridized carbons (Fsp3) is 0.304. The maximum absolute atomic E-state index is 13.4. The van der Waals surface area contributed by atoms with Gasteiger partial charge in [0.15, 0.2) is 5.11 Å². The van der Waals surface area contributed by atoms with Gasteiger partial charge in [-0.05, 0) is 73.4 Å². The van der Waals surface area contributed by atoms with Gasteiger partial charge in [-0.2, -0.15) is 18.4 Å². The van der Waals surface area contributed by atoms with Crippen molar-refractivity contribution in [3.05, 3.63) is 64.7 Å². The van der Waals surface area contributed by atoms with Gasteiger partial charge >= 0.3 is 6.18 Å². The van der Waals surface area contributed by atoms with E-state index in [0.717, 1.165) is 18.6 Å². The molecule has 2 fully saturated rings. The Balaban J connectivity index is 1.67. The Morgan fingerprint density at radius 1 is 1.21 bits per heavy atom. The van der Waals surface area contributed by atoms with Crippen LogP contribution in [0.2, 0.25) is 0 Å². The standard InChI is InChI=1S/C23H19F3N4O2S/c1-28-19(31)15-5-7-17(8-6-15)30-21(33)29(20(32)22(30)9-2-10-22)13-14-3-4-16(12-27)18(11-14)23(24,25)26/h3-8,11H,2,9-10,13H2,1H3,(H,28,31). The largest absolute Gasteiger partial charge is 0.417 e. The highest BCUT2D eigenvalue weighted by Gasteiger charge is 2.59. The van der Waals surface area contributed by atoms with E-state index in [1.807, 2.05) is 0 Å². The summed E-state index contributed by atoms with van der Waals surface area (Å²) in [5.41, 5.74) is -1.07. The summed E-state index contributed by atoms with van der Waals surface area (Å²) < 4.78 is 40.1. The number of carbonyl (C=O) groups excluding carboxylic acids is 2. The van der Waals surface area contributed by atoms with Crippen LogP contribution in [-0.4, -0.2) is 34.4 Å². The quantitative estimate of drug-likeness (QED) is 0.681. The Kier molecular flexibility index (Phi) is 5.62. The molecule has 0 atom stereocenters. The number of halogens is 3. The molecule has 2 aromatic carbocycles. The van der Waals surface area contributed by atoms with Gasteiger partial charge in [0.1, 0.15) is 5.54 Å². The van der Waals surface area contributed by atoms with Crippen LogP contribution in [0.1, 0.15) is 46.3 Å². The van der Waals surface area contributed by atoms with Gasteiger partial charge in [-0.3, -0.25) is 14.5 Å². The van der Waals surface area contributed by atoms with Crippen molar-refractivity contribution in [3.63, 3.8) is 0 Å². The lowest BCUT2D eigenvalue weighted by Gasteiger charge is -2.43. The van der Waals surface area contributed by atoms with Gasteiger partial charge in [0.25, 0.3) is 11.8 Å². The average Bonchev–Trinajstić information content (AvgIpc) is 2.99. The summed E-state index contributed by atoms with van der Waals surface area (Å²) >= 11 is 5.61. The van der Waals surface area contributed by atoms with Crippen molar-refractivity contribution in [2.45, 2.75) is 37.5 Å². The lowest BCUT2D eigenvalue weighted by atomic mass is 9.75. The summed E-state index contributed by atoms with van der Waals surface area (Å²) in [5.74, 6) is -0.505. The topological polar surface area (TPSA) is 76.4 Å². The molecule has 1 saturated carbocycles. The van der Waals surface area contributed by atoms with Crippen LogP contribution in [0.15, 0.2) is 42.5 Å². The lowest BCUT2D eigenvalue weighted by Crippen LogP contribution is -2.55. The van der Waals surface area contributed by atoms with Crippen molar-refractivity contribution >= 4 is 34.8 Å². The molecule has 0 bridgehead atoms. The van der Waals surface area contributed by atoms with Crippen molar-refractivity contribution in [2.75, 3.05) is 11.9 Å². The van der Waals surface area contributed by atoms with E-state index in [9.17, 15) is 22.8 Å². The Hall–Kier alpha value is -3.45. The van der Waals surface area contributed by atoms with Crippen molar-refractivity contribution in [1.82, 2.24) is 10.2 Å². The number of thiocarbonyl (C=S) groups is 1. The zero-order chi connectivity index (χ0) is 24.0. The molecule has 1 heterocycles. The molecule has 1 saturated heterocycles. The normalized spacial score (nSPS) is 17.2. The maximum Gasteiger partial charge on any atom is 0.417 e. The fourth-order valence-corrected chi connectivity index (χ4v) is 4.72. The molecule has 0 aromatic heterocycles. The van der Waals surface area contributed by atoms with E-state index in [1.165, 1.54) is 18.0 Å². The number of carbonyl (C=O) groups is 2. The van der Waals surface area contributed by atoms with Crippen LogP contribution in [-0.2, 0) is 17.5 Å². The zero-order valence-corrected chi connectivity index (χ0v) is 18.4. The number of nitrogens with zero attached hydrogens (tertiary/aromatic N) is 3. The van der Waals surface area contributed by atoms with Gasteiger partial charge in [-0.25, -0.2) is 0 Å². The summed E-state index contributed by atoms with van der Waals surface area (Å²) in [4.78, 5) is 28.3. The molecule has 6 nitrogen and oxygen atoms in total. The highest BCUT2D eigenvalue weighted by Crippen LogP contribution is 2.47. The molecule has 2 amide bonds. The lowest BCUT2D eigenvalue weighted by molar-refractivity contribution is -0.137. The molecule has 0 unspecified atom stereocenters. The molecule has 1 aliphatic heterocycles. The average molecular weight is 472 g/mol. The van der Waals surface area contributed by atoms with Gasteiger partial charge in [0.05, 0.1) is 23.7 Å². The molecule has 4 rings (SSSR count). The van der Waals surface area contributed by atoms with Gasteiger partial charge in [-0.15, -0.1) is 0 Å².